The van der Waals surface area contributed by atoms with E-state index in [1.807, 2.05) is 0 Å². The van der Waals surface area contributed by atoms with Gasteiger partial charge in [0, 0.05) is 36.6 Å². The third-order valence-electron chi connectivity index (χ3n) is 6.58. The molecule has 4 heteroatoms. The highest BCUT2D eigenvalue weighted by Gasteiger charge is 2.34. The number of carbonyl (C=O) groups is 1. The lowest BCUT2D eigenvalue weighted by molar-refractivity contribution is -0.131. The molecule has 4 rings (SSSR count). The SMILES string of the molecule is O=C(CCCc1c[nH]c2ccccc12)N1CCCC2(CCNCC2)CC1. The average molecular weight is 354 g/mol. The van der Waals surface area contributed by atoms with Crippen LogP contribution in [0.2, 0.25) is 0 Å². The van der Waals surface area contributed by atoms with Gasteiger partial charge >= 0.3 is 0 Å². The summed E-state index contributed by atoms with van der Waals surface area (Å²) >= 11 is 0. The number of aromatic amines is 1. The summed E-state index contributed by atoms with van der Waals surface area (Å²) < 4.78 is 0. The zero-order valence-electron chi connectivity index (χ0n) is 15.7. The molecule has 2 aliphatic rings. The standard InChI is InChI=1S/C22H31N3O/c26-21(8-3-5-18-17-24-20-7-2-1-6-19(18)20)25-15-4-9-22(12-16-25)10-13-23-14-11-22/h1-2,6-7,17,23-24H,3-5,8-16H2. The third kappa shape index (κ3) is 3.80. The van der Waals surface area contributed by atoms with Gasteiger partial charge in [0.1, 0.15) is 0 Å². The van der Waals surface area contributed by atoms with Crippen LogP contribution in [-0.4, -0.2) is 42.0 Å². The Bertz CT molecular complexity index is 745. The maximum absolute atomic E-state index is 12.7. The molecule has 0 aliphatic carbocycles. The van der Waals surface area contributed by atoms with Crippen molar-refractivity contribution in [1.29, 1.82) is 0 Å². The smallest absolute Gasteiger partial charge is 0.222 e. The number of fused-ring (bicyclic) bond motifs is 1. The first-order valence-electron chi connectivity index (χ1n) is 10.3. The van der Waals surface area contributed by atoms with Crippen molar-refractivity contribution >= 4 is 16.8 Å². The predicted molar refractivity (Wildman–Crippen MR) is 106 cm³/mol. The zero-order chi connectivity index (χ0) is 17.8. The molecule has 0 bridgehead atoms. The second-order valence-corrected chi connectivity index (χ2v) is 8.20. The quantitative estimate of drug-likeness (QED) is 0.876. The van der Waals surface area contributed by atoms with Crippen LogP contribution in [0.15, 0.2) is 30.5 Å². The average Bonchev–Trinajstić information content (AvgIpc) is 2.97. The van der Waals surface area contributed by atoms with Crippen molar-refractivity contribution in [1.82, 2.24) is 15.2 Å². The minimum absolute atomic E-state index is 0.357. The Balaban J connectivity index is 1.28. The van der Waals surface area contributed by atoms with Gasteiger partial charge < -0.3 is 15.2 Å². The molecule has 1 amide bonds. The molecule has 26 heavy (non-hydrogen) atoms. The van der Waals surface area contributed by atoms with Crippen molar-refractivity contribution in [2.75, 3.05) is 26.2 Å². The third-order valence-corrected chi connectivity index (χ3v) is 6.58. The summed E-state index contributed by atoms with van der Waals surface area (Å²) in [5.74, 6) is 0.357. The molecule has 3 heterocycles. The van der Waals surface area contributed by atoms with Gasteiger partial charge in [0.25, 0.3) is 0 Å². The number of likely N-dealkylation sites (tertiary alicyclic amines) is 1. The van der Waals surface area contributed by atoms with E-state index in [1.165, 1.54) is 48.6 Å². The molecule has 1 spiro atoms. The van der Waals surface area contributed by atoms with Gasteiger partial charge in [-0.3, -0.25) is 4.79 Å². The van der Waals surface area contributed by atoms with Crippen LogP contribution in [0.5, 0.6) is 0 Å². The minimum atomic E-state index is 0.357. The second kappa shape index (κ2) is 7.83. The molecule has 0 radical (unpaired) electrons. The van der Waals surface area contributed by atoms with E-state index in [0.29, 0.717) is 17.7 Å². The molecular formula is C22H31N3O. The molecule has 0 unspecified atom stereocenters. The van der Waals surface area contributed by atoms with Crippen LogP contribution in [0, 0.1) is 5.41 Å². The number of nitrogens with zero attached hydrogens (tertiary/aromatic N) is 1. The lowest BCUT2D eigenvalue weighted by atomic mass is 9.73. The zero-order valence-corrected chi connectivity index (χ0v) is 15.7. The highest BCUT2D eigenvalue weighted by Crippen LogP contribution is 2.39. The number of aromatic nitrogens is 1. The van der Waals surface area contributed by atoms with Crippen molar-refractivity contribution in [3.8, 4) is 0 Å². The largest absolute Gasteiger partial charge is 0.361 e. The number of H-pyrrole nitrogens is 1. The number of aryl methyl sites for hydroxylation is 1. The number of hydrogen-bond acceptors (Lipinski definition) is 2. The molecule has 2 fully saturated rings. The highest BCUT2D eigenvalue weighted by molar-refractivity contribution is 5.83. The number of piperidine rings is 1. The lowest BCUT2D eigenvalue weighted by Crippen LogP contribution is -2.38. The predicted octanol–water partition coefficient (Wildman–Crippen LogP) is 3.87. The molecule has 0 saturated carbocycles. The van der Waals surface area contributed by atoms with Crippen LogP contribution >= 0.6 is 0 Å². The van der Waals surface area contributed by atoms with E-state index in [9.17, 15) is 4.79 Å². The molecule has 4 nitrogen and oxygen atoms in total. The molecular weight excluding hydrogens is 322 g/mol. The molecule has 2 aromatic rings. The minimum Gasteiger partial charge on any atom is -0.361 e. The van der Waals surface area contributed by atoms with E-state index in [-0.39, 0.29) is 0 Å². The number of benzene rings is 1. The molecule has 1 aromatic carbocycles. The van der Waals surface area contributed by atoms with E-state index >= 15 is 0 Å². The van der Waals surface area contributed by atoms with Crippen LogP contribution in [0.25, 0.3) is 10.9 Å². The van der Waals surface area contributed by atoms with Gasteiger partial charge in [-0.05, 0) is 75.1 Å². The lowest BCUT2D eigenvalue weighted by Gasteiger charge is -2.37. The van der Waals surface area contributed by atoms with Crippen molar-refractivity contribution < 1.29 is 4.79 Å². The summed E-state index contributed by atoms with van der Waals surface area (Å²) in [6, 6.07) is 8.41. The van der Waals surface area contributed by atoms with Crippen molar-refractivity contribution in [2.45, 2.75) is 51.4 Å². The van der Waals surface area contributed by atoms with Crippen molar-refractivity contribution in [3.63, 3.8) is 0 Å². The fraction of sp³-hybridized carbons (Fsp3) is 0.591. The molecule has 0 atom stereocenters. The van der Waals surface area contributed by atoms with Crippen LogP contribution in [0.3, 0.4) is 0 Å². The first-order chi connectivity index (χ1) is 12.8. The van der Waals surface area contributed by atoms with Crippen molar-refractivity contribution in [2.24, 2.45) is 5.41 Å². The Hall–Kier alpha value is -1.81. The number of amides is 1. The fourth-order valence-electron chi connectivity index (χ4n) is 4.89. The number of carbonyl (C=O) groups excluding carboxylic acids is 1. The van der Waals surface area contributed by atoms with Crippen LogP contribution in [-0.2, 0) is 11.2 Å². The monoisotopic (exact) mass is 353 g/mol. The van der Waals surface area contributed by atoms with Gasteiger partial charge in [0.15, 0.2) is 0 Å². The van der Waals surface area contributed by atoms with E-state index in [1.54, 1.807) is 0 Å². The Morgan fingerprint density at radius 1 is 1.08 bits per heavy atom. The van der Waals surface area contributed by atoms with Gasteiger partial charge in [-0.15, -0.1) is 0 Å². The summed E-state index contributed by atoms with van der Waals surface area (Å²) in [6.07, 6.45) is 10.9. The molecule has 2 aliphatic heterocycles. The normalized spacial score (nSPS) is 20.4. The summed E-state index contributed by atoms with van der Waals surface area (Å²) in [7, 11) is 0. The van der Waals surface area contributed by atoms with Gasteiger partial charge in [0.2, 0.25) is 5.91 Å². The summed E-state index contributed by atoms with van der Waals surface area (Å²) in [5.41, 5.74) is 3.02. The first kappa shape index (κ1) is 17.6. The summed E-state index contributed by atoms with van der Waals surface area (Å²) in [4.78, 5) is 18.2. The van der Waals surface area contributed by atoms with Crippen LogP contribution in [0.4, 0.5) is 0 Å². The molecule has 2 saturated heterocycles. The first-order valence-corrected chi connectivity index (χ1v) is 10.3. The Morgan fingerprint density at radius 3 is 2.81 bits per heavy atom. The van der Waals surface area contributed by atoms with Gasteiger partial charge in [-0.25, -0.2) is 0 Å². The van der Waals surface area contributed by atoms with Gasteiger partial charge in [-0.2, -0.15) is 0 Å². The number of rotatable bonds is 4. The topological polar surface area (TPSA) is 48.1 Å². The van der Waals surface area contributed by atoms with Crippen molar-refractivity contribution in [3.05, 3.63) is 36.0 Å². The highest BCUT2D eigenvalue weighted by atomic mass is 16.2. The van der Waals surface area contributed by atoms with E-state index < -0.39 is 0 Å². The number of hydrogen-bond donors (Lipinski definition) is 2. The summed E-state index contributed by atoms with van der Waals surface area (Å²) in [6.45, 7) is 4.23. The van der Waals surface area contributed by atoms with E-state index in [0.717, 1.165) is 39.0 Å². The van der Waals surface area contributed by atoms with Crippen LogP contribution in [0.1, 0.15) is 50.5 Å². The van der Waals surface area contributed by atoms with Gasteiger partial charge in [-0.1, -0.05) is 18.2 Å². The van der Waals surface area contributed by atoms with E-state index in [4.69, 9.17) is 0 Å². The Kier molecular flexibility index (Phi) is 5.30. The Labute approximate surface area is 156 Å². The second-order valence-electron chi connectivity index (χ2n) is 8.20. The number of nitrogens with one attached hydrogen (secondary N) is 2. The van der Waals surface area contributed by atoms with Gasteiger partial charge in [0.05, 0.1) is 0 Å². The summed E-state index contributed by atoms with van der Waals surface area (Å²) in [5, 5.41) is 4.78. The maximum Gasteiger partial charge on any atom is 0.222 e. The Morgan fingerprint density at radius 2 is 1.92 bits per heavy atom. The maximum atomic E-state index is 12.7. The van der Waals surface area contributed by atoms with Crippen LogP contribution < -0.4 is 5.32 Å². The molecule has 1 aromatic heterocycles. The van der Waals surface area contributed by atoms with E-state index in [2.05, 4.69) is 45.7 Å². The fourth-order valence-corrected chi connectivity index (χ4v) is 4.89. The number of para-hydroxylation sites is 1. The molecule has 2 N–H and O–H groups in total. The molecule has 140 valence electrons.